The first-order valence-corrected chi connectivity index (χ1v) is 11.0. The van der Waals surface area contributed by atoms with Crippen LogP contribution in [-0.4, -0.2) is 19.7 Å². The van der Waals surface area contributed by atoms with Crippen LogP contribution in [0.5, 0.6) is 0 Å². The van der Waals surface area contributed by atoms with Gasteiger partial charge in [-0.2, -0.15) is 0 Å². The Labute approximate surface area is 193 Å². The van der Waals surface area contributed by atoms with Gasteiger partial charge in [-0.25, -0.2) is 0 Å². The number of rotatable bonds is 12. The van der Waals surface area contributed by atoms with Crippen molar-refractivity contribution in [2.45, 2.75) is 31.8 Å². The predicted octanol–water partition coefficient (Wildman–Crippen LogP) is 6.86. The lowest BCUT2D eigenvalue weighted by Crippen LogP contribution is -2.35. The van der Waals surface area contributed by atoms with Crippen LogP contribution >= 0.6 is 12.4 Å². The first kappa shape index (κ1) is 24.9. The van der Waals surface area contributed by atoms with Crippen LogP contribution in [0.3, 0.4) is 0 Å². The van der Waals surface area contributed by atoms with Crippen molar-refractivity contribution in [2.75, 3.05) is 19.7 Å². The molecule has 0 unspecified atom stereocenters. The summed E-state index contributed by atoms with van der Waals surface area (Å²) in [6.45, 7) is 4.76. The molecule has 31 heavy (non-hydrogen) atoms. The summed E-state index contributed by atoms with van der Waals surface area (Å²) in [5.74, 6) is 0. The van der Waals surface area contributed by atoms with Gasteiger partial charge in [0.25, 0.3) is 0 Å². The molecule has 0 amide bonds. The van der Waals surface area contributed by atoms with Crippen LogP contribution in [0.1, 0.15) is 42.9 Å². The highest BCUT2D eigenvalue weighted by atomic mass is 35.5. The fourth-order valence-electron chi connectivity index (χ4n) is 3.74. The summed E-state index contributed by atoms with van der Waals surface area (Å²) < 4.78 is 6.58. The van der Waals surface area contributed by atoms with Gasteiger partial charge in [0.2, 0.25) is 0 Å². The molecule has 0 saturated heterocycles. The average molecular weight is 436 g/mol. The van der Waals surface area contributed by atoms with Crippen LogP contribution in [0.25, 0.3) is 6.08 Å². The molecule has 3 heteroatoms. The van der Waals surface area contributed by atoms with E-state index in [1.54, 1.807) is 0 Å². The standard InChI is InChI=1S/C28H33NO.ClH/c1-2-24-30-28(26-17-8-4-9-18-26,27-19-10-5-11-20-27)21-23-29-22-13-12-16-25-14-6-3-7-15-25;/h3-12,14-20,29H,2,13,21-24H2,1H3;1H/b16-12+;. The molecule has 3 rings (SSSR count). The Balaban J connectivity index is 0.00000341. The van der Waals surface area contributed by atoms with Gasteiger partial charge in [-0.05, 0) is 49.0 Å². The molecule has 1 N–H and O–H groups in total. The van der Waals surface area contributed by atoms with Crippen LogP contribution < -0.4 is 5.32 Å². The topological polar surface area (TPSA) is 21.3 Å². The second-order valence-corrected chi connectivity index (χ2v) is 7.51. The minimum atomic E-state index is -0.425. The van der Waals surface area contributed by atoms with Crippen molar-refractivity contribution in [3.05, 3.63) is 114 Å². The van der Waals surface area contributed by atoms with Crippen LogP contribution in [0.15, 0.2) is 97.1 Å². The maximum Gasteiger partial charge on any atom is 0.119 e. The van der Waals surface area contributed by atoms with Crippen LogP contribution in [-0.2, 0) is 10.3 Å². The average Bonchev–Trinajstić information content (AvgIpc) is 2.82. The molecule has 0 heterocycles. The minimum Gasteiger partial charge on any atom is -0.366 e. The highest BCUT2D eigenvalue weighted by Crippen LogP contribution is 2.37. The van der Waals surface area contributed by atoms with Crippen LogP contribution in [0.2, 0.25) is 0 Å². The zero-order chi connectivity index (χ0) is 20.9. The Hall–Kier alpha value is -2.39. The van der Waals surface area contributed by atoms with E-state index >= 15 is 0 Å². The summed E-state index contributed by atoms with van der Waals surface area (Å²) >= 11 is 0. The normalized spacial score (nSPS) is 11.4. The van der Waals surface area contributed by atoms with Gasteiger partial charge in [0.15, 0.2) is 0 Å². The molecule has 164 valence electrons. The molecule has 0 radical (unpaired) electrons. The lowest BCUT2D eigenvalue weighted by Gasteiger charge is -2.35. The van der Waals surface area contributed by atoms with Crippen LogP contribution in [0, 0.1) is 0 Å². The van der Waals surface area contributed by atoms with Crippen molar-refractivity contribution < 1.29 is 4.74 Å². The molecule has 3 aromatic rings. The lowest BCUT2D eigenvalue weighted by atomic mass is 9.83. The molecule has 0 fully saturated rings. The summed E-state index contributed by atoms with van der Waals surface area (Å²) in [6.07, 6.45) is 7.32. The largest absolute Gasteiger partial charge is 0.366 e. The van der Waals surface area contributed by atoms with Crippen molar-refractivity contribution in [1.82, 2.24) is 5.32 Å². The molecular weight excluding hydrogens is 402 g/mol. The number of halogens is 1. The summed E-state index contributed by atoms with van der Waals surface area (Å²) in [5.41, 5.74) is 3.26. The molecule has 2 nitrogen and oxygen atoms in total. The van der Waals surface area contributed by atoms with Crippen LogP contribution in [0.4, 0.5) is 0 Å². The molecule has 0 spiro atoms. The summed E-state index contributed by atoms with van der Waals surface area (Å²) in [4.78, 5) is 0. The number of hydrogen-bond donors (Lipinski definition) is 1. The highest BCUT2D eigenvalue weighted by molar-refractivity contribution is 5.85. The second-order valence-electron chi connectivity index (χ2n) is 7.51. The van der Waals surface area contributed by atoms with E-state index in [1.165, 1.54) is 16.7 Å². The monoisotopic (exact) mass is 435 g/mol. The van der Waals surface area contributed by atoms with Gasteiger partial charge in [0.05, 0.1) is 0 Å². The molecule has 0 saturated carbocycles. The summed E-state index contributed by atoms with van der Waals surface area (Å²) in [7, 11) is 0. The Kier molecular flexibility index (Phi) is 11.1. The Morgan fingerprint density at radius 2 is 1.32 bits per heavy atom. The van der Waals surface area contributed by atoms with Gasteiger partial charge >= 0.3 is 0 Å². The molecule has 0 bridgehead atoms. The van der Waals surface area contributed by atoms with Crippen molar-refractivity contribution in [3.63, 3.8) is 0 Å². The molecule has 3 aromatic carbocycles. The third kappa shape index (κ3) is 7.36. The number of benzene rings is 3. The van der Waals surface area contributed by atoms with Gasteiger partial charge in [-0.3, -0.25) is 0 Å². The van der Waals surface area contributed by atoms with Gasteiger partial charge < -0.3 is 10.1 Å². The molecule has 0 atom stereocenters. The fraction of sp³-hybridized carbons (Fsp3) is 0.286. The van der Waals surface area contributed by atoms with Crippen molar-refractivity contribution >= 4 is 18.5 Å². The number of hydrogen-bond acceptors (Lipinski definition) is 2. The molecule has 0 aliphatic heterocycles. The Morgan fingerprint density at radius 3 is 1.87 bits per heavy atom. The van der Waals surface area contributed by atoms with Crippen molar-refractivity contribution in [1.29, 1.82) is 0 Å². The molecule has 0 aromatic heterocycles. The van der Waals surface area contributed by atoms with Gasteiger partial charge in [-0.1, -0.05) is 110 Å². The fourth-order valence-corrected chi connectivity index (χ4v) is 3.74. The minimum absolute atomic E-state index is 0. The summed E-state index contributed by atoms with van der Waals surface area (Å²) in [6, 6.07) is 31.7. The highest BCUT2D eigenvalue weighted by Gasteiger charge is 2.34. The quantitative estimate of drug-likeness (QED) is 0.313. The molecule has 0 aliphatic rings. The third-order valence-corrected chi connectivity index (χ3v) is 5.28. The first-order valence-electron chi connectivity index (χ1n) is 11.0. The molecular formula is C28H34ClNO. The van der Waals surface area contributed by atoms with E-state index in [-0.39, 0.29) is 12.4 Å². The smallest absolute Gasteiger partial charge is 0.119 e. The predicted molar refractivity (Wildman–Crippen MR) is 135 cm³/mol. The van der Waals surface area contributed by atoms with E-state index in [4.69, 9.17) is 4.74 Å². The Bertz CT molecular complexity index is 826. The zero-order valence-corrected chi connectivity index (χ0v) is 19.2. The second kappa shape index (κ2) is 13.8. The lowest BCUT2D eigenvalue weighted by molar-refractivity contribution is -0.0242. The van der Waals surface area contributed by atoms with Gasteiger partial charge in [0.1, 0.15) is 5.60 Å². The van der Waals surface area contributed by atoms with E-state index in [1.807, 2.05) is 6.07 Å². The van der Waals surface area contributed by atoms with Gasteiger partial charge in [0, 0.05) is 6.61 Å². The maximum atomic E-state index is 6.58. The molecule has 0 aliphatic carbocycles. The Morgan fingerprint density at radius 1 is 0.774 bits per heavy atom. The summed E-state index contributed by atoms with van der Waals surface area (Å²) in [5, 5.41) is 3.61. The first-order chi connectivity index (χ1) is 14.8. The van der Waals surface area contributed by atoms with E-state index in [0.717, 1.165) is 39.0 Å². The number of ether oxygens (including phenoxy) is 1. The van der Waals surface area contributed by atoms with E-state index < -0.39 is 5.60 Å². The zero-order valence-electron chi connectivity index (χ0n) is 18.4. The maximum absolute atomic E-state index is 6.58. The SMILES string of the molecule is CCCOC(CCNCC/C=C/c1ccccc1)(c1ccccc1)c1ccccc1.Cl. The van der Waals surface area contributed by atoms with Crippen molar-refractivity contribution in [3.8, 4) is 0 Å². The van der Waals surface area contributed by atoms with Crippen molar-refractivity contribution in [2.24, 2.45) is 0 Å². The number of nitrogens with one attached hydrogen (secondary N) is 1. The third-order valence-electron chi connectivity index (χ3n) is 5.28. The van der Waals surface area contributed by atoms with E-state index in [2.05, 4.69) is 109 Å². The van der Waals surface area contributed by atoms with E-state index in [9.17, 15) is 0 Å². The van der Waals surface area contributed by atoms with Gasteiger partial charge in [-0.15, -0.1) is 12.4 Å². The van der Waals surface area contributed by atoms with E-state index in [0.29, 0.717) is 0 Å².